The number of benzene rings is 1. The first kappa shape index (κ1) is 21.9. The third-order valence-electron chi connectivity index (χ3n) is 5.87. The summed E-state index contributed by atoms with van der Waals surface area (Å²) in [6, 6.07) is 8.13. The van der Waals surface area contributed by atoms with Crippen LogP contribution in [0.25, 0.3) is 0 Å². The SMILES string of the molecule is CCCCCCCCCCCCc1ccc(C(=O)N2CCC[C@H]2CO)cc1. The Balaban J connectivity index is 1.60. The molecule has 0 bridgehead atoms. The van der Waals surface area contributed by atoms with Crippen LogP contribution in [-0.4, -0.2) is 35.1 Å². The third-order valence-corrected chi connectivity index (χ3v) is 5.87. The van der Waals surface area contributed by atoms with Crippen LogP contribution in [0.4, 0.5) is 0 Å². The number of hydrogen-bond acceptors (Lipinski definition) is 2. The highest BCUT2D eigenvalue weighted by molar-refractivity contribution is 5.94. The molecule has 0 spiro atoms. The van der Waals surface area contributed by atoms with Crippen LogP contribution in [0.2, 0.25) is 0 Å². The Kier molecular flexibility index (Phi) is 10.5. The number of aliphatic hydroxyl groups excluding tert-OH is 1. The largest absolute Gasteiger partial charge is 0.394 e. The van der Waals surface area contributed by atoms with Crippen molar-refractivity contribution < 1.29 is 9.90 Å². The van der Waals surface area contributed by atoms with E-state index in [1.165, 1.54) is 69.8 Å². The van der Waals surface area contributed by atoms with Crippen LogP contribution >= 0.6 is 0 Å². The quantitative estimate of drug-likeness (QED) is 0.447. The second kappa shape index (κ2) is 12.9. The van der Waals surface area contributed by atoms with Gasteiger partial charge in [-0.25, -0.2) is 0 Å². The van der Waals surface area contributed by atoms with Gasteiger partial charge < -0.3 is 10.0 Å². The smallest absolute Gasteiger partial charge is 0.254 e. The summed E-state index contributed by atoms with van der Waals surface area (Å²) in [5.41, 5.74) is 2.08. The van der Waals surface area contributed by atoms with Crippen molar-refractivity contribution in [1.82, 2.24) is 4.90 Å². The molecule has 1 aromatic rings. The minimum Gasteiger partial charge on any atom is -0.394 e. The molecule has 1 saturated heterocycles. The molecule has 1 aliphatic heterocycles. The maximum absolute atomic E-state index is 12.6. The monoisotopic (exact) mass is 373 g/mol. The Morgan fingerprint density at radius 3 is 2.15 bits per heavy atom. The molecule has 2 rings (SSSR count). The molecule has 0 radical (unpaired) electrons. The predicted octanol–water partition coefficient (Wildman–Crippen LogP) is 5.75. The number of aryl methyl sites for hydroxylation is 1. The molecule has 152 valence electrons. The van der Waals surface area contributed by atoms with Crippen molar-refractivity contribution in [3.63, 3.8) is 0 Å². The highest BCUT2D eigenvalue weighted by atomic mass is 16.3. The van der Waals surface area contributed by atoms with Gasteiger partial charge in [0.25, 0.3) is 5.91 Å². The average molecular weight is 374 g/mol. The molecular weight excluding hydrogens is 334 g/mol. The van der Waals surface area contributed by atoms with Gasteiger partial charge in [-0.3, -0.25) is 4.79 Å². The van der Waals surface area contributed by atoms with E-state index in [9.17, 15) is 9.90 Å². The zero-order valence-electron chi connectivity index (χ0n) is 17.3. The Bertz CT molecular complexity index is 526. The lowest BCUT2D eigenvalue weighted by atomic mass is 10.0. The molecule has 1 aromatic carbocycles. The molecule has 0 saturated carbocycles. The van der Waals surface area contributed by atoms with Crippen LogP contribution in [-0.2, 0) is 6.42 Å². The topological polar surface area (TPSA) is 40.5 Å². The molecule has 1 heterocycles. The lowest BCUT2D eigenvalue weighted by Crippen LogP contribution is -2.37. The van der Waals surface area contributed by atoms with E-state index >= 15 is 0 Å². The van der Waals surface area contributed by atoms with Gasteiger partial charge >= 0.3 is 0 Å². The van der Waals surface area contributed by atoms with E-state index in [1.807, 2.05) is 17.0 Å². The zero-order chi connectivity index (χ0) is 19.3. The number of carbonyl (C=O) groups is 1. The van der Waals surface area contributed by atoms with Crippen LogP contribution in [0.3, 0.4) is 0 Å². The van der Waals surface area contributed by atoms with Gasteiger partial charge in [0.15, 0.2) is 0 Å². The third kappa shape index (κ3) is 7.65. The van der Waals surface area contributed by atoms with Crippen LogP contribution in [0.5, 0.6) is 0 Å². The summed E-state index contributed by atoms with van der Waals surface area (Å²) in [6.45, 7) is 3.11. The average Bonchev–Trinajstić information content (AvgIpc) is 3.18. The highest BCUT2D eigenvalue weighted by Gasteiger charge is 2.28. The number of unbranched alkanes of at least 4 members (excludes halogenated alkanes) is 9. The summed E-state index contributed by atoms with van der Waals surface area (Å²) >= 11 is 0. The van der Waals surface area contributed by atoms with Gasteiger partial charge in [0.1, 0.15) is 0 Å². The van der Waals surface area contributed by atoms with Crippen molar-refractivity contribution in [1.29, 1.82) is 0 Å². The van der Waals surface area contributed by atoms with E-state index in [0.717, 1.165) is 31.4 Å². The van der Waals surface area contributed by atoms with Crippen molar-refractivity contribution in [3.05, 3.63) is 35.4 Å². The van der Waals surface area contributed by atoms with E-state index in [4.69, 9.17) is 0 Å². The molecule has 0 unspecified atom stereocenters. The Hall–Kier alpha value is -1.35. The van der Waals surface area contributed by atoms with Crippen molar-refractivity contribution in [2.24, 2.45) is 0 Å². The molecule has 1 N–H and O–H groups in total. The van der Waals surface area contributed by atoms with Gasteiger partial charge in [-0.1, -0.05) is 76.8 Å². The molecule has 1 atom stereocenters. The zero-order valence-corrected chi connectivity index (χ0v) is 17.3. The van der Waals surface area contributed by atoms with E-state index < -0.39 is 0 Å². The van der Waals surface area contributed by atoms with E-state index in [2.05, 4.69) is 19.1 Å². The van der Waals surface area contributed by atoms with Crippen LogP contribution in [0.1, 0.15) is 99.9 Å². The maximum atomic E-state index is 12.6. The molecule has 3 heteroatoms. The van der Waals surface area contributed by atoms with Crippen molar-refractivity contribution >= 4 is 5.91 Å². The molecule has 1 fully saturated rings. The van der Waals surface area contributed by atoms with Crippen LogP contribution < -0.4 is 0 Å². The van der Waals surface area contributed by atoms with Gasteiger partial charge in [0.05, 0.1) is 12.6 Å². The summed E-state index contributed by atoms with van der Waals surface area (Å²) in [5, 5.41) is 9.41. The van der Waals surface area contributed by atoms with Gasteiger partial charge in [-0.05, 0) is 43.4 Å². The first-order valence-corrected chi connectivity index (χ1v) is 11.3. The summed E-state index contributed by atoms with van der Waals surface area (Å²) in [5.74, 6) is 0.0667. The number of hydrogen-bond donors (Lipinski definition) is 1. The lowest BCUT2D eigenvalue weighted by molar-refractivity contribution is 0.0677. The predicted molar refractivity (Wildman–Crippen MR) is 113 cm³/mol. The second-order valence-corrected chi connectivity index (χ2v) is 8.11. The molecule has 1 amide bonds. The summed E-state index contributed by atoms with van der Waals surface area (Å²) in [7, 11) is 0. The molecule has 3 nitrogen and oxygen atoms in total. The fourth-order valence-corrected chi connectivity index (χ4v) is 4.09. The lowest BCUT2D eigenvalue weighted by Gasteiger charge is -2.23. The molecule has 27 heavy (non-hydrogen) atoms. The number of likely N-dealkylation sites (tertiary alicyclic amines) is 1. The normalized spacial score (nSPS) is 16.8. The fourth-order valence-electron chi connectivity index (χ4n) is 4.09. The Labute approximate surface area is 166 Å². The highest BCUT2D eigenvalue weighted by Crippen LogP contribution is 2.20. The number of rotatable bonds is 13. The Morgan fingerprint density at radius 1 is 0.963 bits per heavy atom. The van der Waals surface area contributed by atoms with Gasteiger partial charge in [-0.2, -0.15) is 0 Å². The number of carbonyl (C=O) groups excluding carboxylic acids is 1. The van der Waals surface area contributed by atoms with E-state index in [1.54, 1.807) is 0 Å². The first-order chi connectivity index (χ1) is 13.3. The minimum atomic E-state index is 0.00354. The molecule has 1 aliphatic rings. The van der Waals surface area contributed by atoms with Crippen molar-refractivity contribution in [3.8, 4) is 0 Å². The molecule has 0 aliphatic carbocycles. The number of nitrogens with zero attached hydrogens (tertiary/aromatic N) is 1. The minimum absolute atomic E-state index is 0.00354. The van der Waals surface area contributed by atoms with Gasteiger partial charge in [-0.15, -0.1) is 0 Å². The molecule has 0 aromatic heterocycles. The number of aliphatic hydroxyl groups is 1. The Morgan fingerprint density at radius 2 is 1.56 bits per heavy atom. The van der Waals surface area contributed by atoms with Gasteiger partial charge in [0.2, 0.25) is 0 Å². The maximum Gasteiger partial charge on any atom is 0.254 e. The molecular formula is C24H39NO2. The summed E-state index contributed by atoms with van der Waals surface area (Å²) in [6.07, 6.45) is 16.6. The van der Waals surface area contributed by atoms with Crippen LogP contribution in [0, 0.1) is 0 Å². The van der Waals surface area contributed by atoms with E-state index in [-0.39, 0.29) is 18.6 Å². The fraction of sp³-hybridized carbons (Fsp3) is 0.708. The van der Waals surface area contributed by atoms with Gasteiger partial charge in [0, 0.05) is 12.1 Å². The standard InChI is InChI=1S/C24H39NO2/c1-2-3-4-5-6-7-8-9-10-11-13-21-15-17-22(18-16-21)24(27)25-19-12-14-23(25)20-26/h15-18,23,26H,2-14,19-20H2,1H3/t23-/m0/s1. The number of amides is 1. The van der Waals surface area contributed by atoms with E-state index in [0.29, 0.717) is 0 Å². The summed E-state index contributed by atoms with van der Waals surface area (Å²) < 4.78 is 0. The first-order valence-electron chi connectivity index (χ1n) is 11.3. The second-order valence-electron chi connectivity index (χ2n) is 8.11. The van der Waals surface area contributed by atoms with Crippen molar-refractivity contribution in [2.75, 3.05) is 13.2 Å². The van der Waals surface area contributed by atoms with Crippen molar-refractivity contribution in [2.45, 2.75) is 96.4 Å². The summed E-state index contributed by atoms with van der Waals surface area (Å²) in [4.78, 5) is 14.4. The van der Waals surface area contributed by atoms with Crippen LogP contribution in [0.15, 0.2) is 24.3 Å².